The quantitative estimate of drug-likeness (QED) is 0.449. The molecule has 0 aromatic rings. The molecule has 0 radical (unpaired) electrons. The minimum Gasteiger partial charge on any atom is -0.418 e. The van der Waals surface area contributed by atoms with Crippen LogP contribution in [-0.4, -0.2) is 14.5 Å². The van der Waals surface area contributed by atoms with Crippen molar-refractivity contribution in [1.29, 1.82) is 0 Å². The van der Waals surface area contributed by atoms with Crippen molar-refractivity contribution < 1.29 is 85.9 Å². The number of rotatable bonds is 0. The van der Waals surface area contributed by atoms with Gasteiger partial charge in [-0.2, -0.15) is 0 Å². The molecule has 0 aliphatic heterocycles. The molecule has 1 nitrogen and oxygen atoms in total. The Morgan fingerprint density at radius 2 is 0.500 bits per heavy atom. The molecule has 0 atom stereocenters. The third-order valence-corrected chi connectivity index (χ3v) is 0. The van der Waals surface area contributed by atoms with Gasteiger partial charge in [0.05, 0.1) is 0 Å². The molecule has 0 aliphatic rings. The van der Waals surface area contributed by atoms with Gasteiger partial charge in [-0.05, 0) is 0 Å². The number of halogens is 8. The molecule has 0 saturated carbocycles. The molecule has 0 bridgehead atoms. The standard InChI is InChI=1S/2BF4.K.H3N/c2*2-1(3,4)5;;/h;;;1H3/q2*-1;+1;/p+1. The van der Waals surface area contributed by atoms with Crippen molar-refractivity contribution >= 4 is 14.5 Å². The molecule has 12 heteroatoms. The van der Waals surface area contributed by atoms with E-state index in [9.17, 15) is 34.5 Å². The van der Waals surface area contributed by atoms with Gasteiger partial charge in [-0.15, -0.1) is 0 Å². The summed E-state index contributed by atoms with van der Waals surface area (Å²) in [7, 11) is -12.0. The van der Waals surface area contributed by atoms with Crippen molar-refractivity contribution in [3.8, 4) is 0 Å². The van der Waals surface area contributed by atoms with Gasteiger partial charge >= 0.3 is 65.9 Å². The van der Waals surface area contributed by atoms with Crippen LogP contribution in [0.1, 0.15) is 0 Å². The molecule has 0 aromatic carbocycles. The Kier molecular flexibility index (Phi) is 16.9. The van der Waals surface area contributed by atoms with E-state index in [2.05, 4.69) is 0 Å². The van der Waals surface area contributed by atoms with Gasteiger partial charge in [0.15, 0.2) is 0 Å². The third-order valence-electron chi connectivity index (χ3n) is 0. The molecule has 4 N–H and O–H groups in total. The van der Waals surface area contributed by atoms with Gasteiger partial charge in [0.1, 0.15) is 0 Å². The fraction of sp³-hybridized carbons (Fsp3) is 0. The van der Waals surface area contributed by atoms with Crippen molar-refractivity contribution in [2.24, 2.45) is 0 Å². The summed E-state index contributed by atoms with van der Waals surface area (Å²) in [4.78, 5) is 0. The van der Waals surface area contributed by atoms with Crippen molar-refractivity contribution in [3.63, 3.8) is 0 Å². The van der Waals surface area contributed by atoms with Crippen LogP contribution in [0.25, 0.3) is 0 Å². The summed E-state index contributed by atoms with van der Waals surface area (Å²) in [6.07, 6.45) is 0. The number of hydrogen-bond acceptors (Lipinski definition) is 0. The van der Waals surface area contributed by atoms with Crippen LogP contribution in [-0.2, 0) is 0 Å². The van der Waals surface area contributed by atoms with Crippen LogP contribution in [0.15, 0.2) is 0 Å². The minimum absolute atomic E-state index is 0. The maximum Gasteiger partial charge on any atom is 1.00 e. The van der Waals surface area contributed by atoms with Gasteiger partial charge in [-0.3, -0.25) is 0 Å². The molecule has 0 aromatic heterocycles. The summed E-state index contributed by atoms with van der Waals surface area (Å²) >= 11 is 0. The average Bonchev–Trinajstić information content (AvgIpc) is 1.12. The smallest absolute Gasteiger partial charge is 0.418 e. The molecule has 0 heterocycles. The van der Waals surface area contributed by atoms with E-state index in [-0.39, 0.29) is 57.5 Å². The summed E-state index contributed by atoms with van der Waals surface area (Å²) in [5, 5.41) is 0. The predicted octanol–water partition coefficient (Wildman–Crippen LogP) is -0.0198. The van der Waals surface area contributed by atoms with Crippen LogP contribution in [0.3, 0.4) is 0 Å². The SMILES string of the molecule is F[B-](F)(F)F.F[B-](F)(F)F.[K+].[NH4+]. The van der Waals surface area contributed by atoms with Gasteiger partial charge in [0.2, 0.25) is 0 Å². The average molecular weight is 231 g/mol. The van der Waals surface area contributed by atoms with Crippen LogP contribution >= 0.6 is 0 Å². The summed E-state index contributed by atoms with van der Waals surface area (Å²) in [5.74, 6) is 0. The Balaban J connectivity index is -0.0000000457. The molecule has 72 valence electrons. The maximum atomic E-state index is 9.75. The molecule has 0 fully saturated rings. The molecular weight excluding hydrogens is 227 g/mol. The molecule has 0 unspecified atom stereocenters. The Hall–Kier alpha value is 1.17. The minimum atomic E-state index is -6.00. The van der Waals surface area contributed by atoms with Crippen LogP contribution in [0.5, 0.6) is 0 Å². The van der Waals surface area contributed by atoms with Crippen LogP contribution < -0.4 is 57.5 Å². The summed E-state index contributed by atoms with van der Waals surface area (Å²) in [6, 6.07) is 0. The topological polar surface area (TPSA) is 36.5 Å². The molecule has 12 heavy (non-hydrogen) atoms. The second-order valence-electron chi connectivity index (χ2n) is 0.990. The molecule has 0 spiro atoms. The second kappa shape index (κ2) is 8.75. The summed E-state index contributed by atoms with van der Waals surface area (Å²) in [5.41, 5.74) is 0. The van der Waals surface area contributed by atoms with Crippen molar-refractivity contribution in [2.75, 3.05) is 0 Å². The van der Waals surface area contributed by atoms with E-state index in [4.69, 9.17) is 0 Å². The Bertz CT molecular complexity index is 60.0. The monoisotopic (exact) mass is 231 g/mol. The van der Waals surface area contributed by atoms with Gasteiger partial charge in [0.25, 0.3) is 0 Å². The fourth-order valence-corrected chi connectivity index (χ4v) is 0. The zero-order valence-electron chi connectivity index (χ0n) is 6.18. The fourth-order valence-electron chi connectivity index (χ4n) is 0. The first kappa shape index (κ1) is 23.2. The van der Waals surface area contributed by atoms with Crippen molar-refractivity contribution in [3.05, 3.63) is 0 Å². The molecule has 0 aliphatic carbocycles. The second-order valence-corrected chi connectivity index (χ2v) is 0.990. The normalized spacial score (nSPS) is 10.0. The van der Waals surface area contributed by atoms with E-state index in [1.165, 1.54) is 0 Å². The van der Waals surface area contributed by atoms with Gasteiger partial charge in [0, 0.05) is 0 Å². The van der Waals surface area contributed by atoms with Crippen LogP contribution in [0.2, 0.25) is 0 Å². The Morgan fingerprint density at radius 1 is 0.500 bits per heavy atom. The number of hydrogen-bond donors (Lipinski definition) is 1. The van der Waals surface area contributed by atoms with E-state index in [1.54, 1.807) is 0 Å². The largest absolute Gasteiger partial charge is 1.00 e. The molecule has 0 saturated heterocycles. The van der Waals surface area contributed by atoms with E-state index in [0.717, 1.165) is 0 Å². The first-order valence-electron chi connectivity index (χ1n) is 1.75. The van der Waals surface area contributed by atoms with Crippen LogP contribution in [0, 0.1) is 0 Å². The van der Waals surface area contributed by atoms with Gasteiger partial charge in [-0.1, -0.05) is 0 Å². The molecular formula is H4B2F8KN. The van der Waals surface area contributed by atoms with Gasteiger partial charge in [-0.25, -0.2) is 0 Å². The molecule has 0 amide bonds. The first-order chi connectivity index (χ1) is 4.00. The van der Waals surface area contributed by atoms with Crippen LogP contribution in [0.4, 0.5) is 34.5 Å². The molecule has 0 rings (SSSR count). The number of quaternary nitrogens is 1. The van der Waals surface area contributed by atoms with Gasteiger partial charge < -0.3 is 40.7 Å². The predicted molar refractivity (Wildman–Crippen MR) is 26.4 cm³/mol. The van der Waals surface area contributed by atoms with Crippen molar-refractivity contribution in [1.82, 2.24) is 6.15 Å². The Labute approximate surface area is 105 Å². The van der Waals surface area contributed by atoms with E-state index in [1.807, 2.05) is 0 Å². The van der Waals surface area contributed by atoms with E-state index in [0.29, 0.717) is 0 Å². The van der Waals surface area contributed by atoms with E-state index < -0.39 is 14.5 Å². The first-order valence-corrected chi connectivity index (χ1v) is 1.75. The zero-order valence-corrected chi connectivity index (χ0v) is 9.30. The van der Waals surface area contributed by atoms with Crippen molar-refractivity contribution in [2.45, 2.75) is 0 Å². The zero-order chi connectivity index (χ0) is 9.00. The Morgan fingerprint density at radius 3 is 0.500 bits per heavy atom. The maximum absolute atomic E-state index is 9.75. The van der Waals surface area contributed by atoms with E-state index >= 15 is 0 Å². The summed E-state index contributed by atoms with van der Waals surface area (Å²) < 4.78 is 78.0. The third kappa shape index (κ3) is 849. The summed E-state index contributed by atoms with van der Waals surface area (Å²) in [6.45, 7) is 0.